The number of nitrogens with one attached hydrogen (secondary N) is 1. The number of nitrogens with zero attached hydrogens (tertiary/aromatic N) is 2. The smallest absolute Gasteiger partial charge is 0.218 e. The molecule has 1 N–H and O–H groups in total. The van der Waals surface area contributed by atoms with Crippen molar-refractivity contribution in [3.63, 3.8) is 0 Å². The lowest BCUT2D eigenvalue weighted by molar-refractivity contribution is 0.637. The fraction of sp³-hybridized carbons (Fsp3) is 0.636. The van der Waals surface area contributed by atoms with Crippen LogP contribution in [-0.2, 0) is 10.8 Å². The summed E-state index contributed by atoms with van der Waals surface area (Å²) >= 11 is 0. The van der Waals surface area contributed by atoms with E-state index in [2.05, 4.69) is 15.3 Å². The lowest BCUT2D eigenvalue weighted by Crippen LogP contribution is -2.28. The van der Waals surface area contributed by atoms with Crippen LogP contribution in [0.15, 0.2) is 11.2 Å². The van der Waals surface area contributed by atoms with E-state index in [0.29, 0.717) is 17.0 Å². The number of hydrogen-bond acceptors (Lipinski definition) is 4. The third kappa shape index (κ3) is 4.01. The topological polar surface area (TPSA) is 54.9 Å². The molecule has 1 fully saturated rings. The molecular formula is C11H18ClN3OS. The van der Waals surface area contributed by atoms with Crippen molar-refractivity contribution >= 4 is 23.2 Å². The Morgan fingerprint density at radius 2 is 2.06 bits per heavy atom. The Labute approximate surface area is 110 Å². The quantitative estimate of drug-likeness (QED) is 0.847. The van der Waals surface area contributed by atoms with Crippen LogP contribution < -0.4 is 5.32 Å². The van der Waals surface area contributed by atoms with Gasteiger partial charge >= 0.3 is 0 Å². The first-order chi connectivity index (χ1) is 7.65. The number of aromatic nitrogens is 2. The summed E-state index contributed by atoms with van der Waals surface area (Å²) in [6, 6.07) is 2.26. The van der Waals surface area contributed by atoms with Gasteiger partial charge < -0.3 is 5.32 Å². The molecule has 4 nitrogen and oxygen atoms in total. The highest BCUT2D eigenvalue weighted by atomic mass is 35.5. The largest absolute Gasteiger partial charge is 0.313 e. The van der Waals surface area contributed by atoms with E-state index in [9.17, 15) is 4.21 Å². The van der Waals surface area contributed by atoms with Gasteiger partial charge in [0.1, 0.15) is 0 Å². The molecule has 0 bridgehead atoms. The lowest BCUT2D eigenvalue weighted by atomic mass is 10.3. The molecule has 2 rings (SSSR count). The standard InChI is InChI=1S/C11H17N3OS.ClH/c1-8-6-9(2)14-11(13-8)16(15)7-10-4-3-5-12-10;/h6,10,12H,3-5,7H2,1-2H3;1H. The Morgan fingerprint density at radius 3 is 2.59 bits per heavy atom. The van der Waals surface area contributed by atoms with E-state index in [4.69, 9.17) is 0 Å². The van der Waals surface area contributed by atoms with Gasteiger partial charge in [-0.15, -0.1) is 12.4 Å². The zero-order valence-electron chi connectivity index (χ0n) is 10.1. The summed E-state index contributed by atoms with van der Waals surface area (Å²) in [5.41, 5.74) is 1.77. The normalized spacial score (nSPS) is 20.9. The summed E-state index contributed by atoms with van der Waals surface area (Å²) in [5, 5.41) is 3.82. The molecule has 0 amide bonds. The van der Waals surface area contributed by atoms with Crippen molar-refractivity contribution in [2.24, 2.45) is 0 Å². The average Bonchev–Trinajstić information content (AvgIpc) is 2.68. The maximum absolute atomic E-state index is 12.1. The Kier molecular flexibility index (Phi) is 5.49. The Balaban J connectivity index is 0.00000144. The van der Waals surface area contributed by atoms with Crippen LogP contribution in [0.25, 0.3) is 0 Å². The molecule has 17 heavy (non-hydrogen) atoms. The molecule has 1 aliphatic rings. The van der Waals surface area contributed by atoms with E-state index in [-0.39, 0.29) is 12.4 Å². The molecule has 6 heteroatoms. The Bertz CT molecular complexity index is 387. The lowest BCUT2D eigenvalue weighted by Gasteiger charge is -2.09. The highest BCUT2D eigenvalue weighted by Gasteiger charge is 2.19. The molecule has 1 aromatic rings. The predicted octanol–water partition coefficient (Wildman–Crippen LogP) is 1.37. The fourth-order valence-electron chi connectivity index (χ4n) is 1.95. The second-order valence-corrected chi connectivity index (χ2v) is 5.63. The highest BCUT2D eigenvalue weighted by Crippen LogP contribution is 2.10. The first-order valence-electron chi connectivity index (χ1n) is 5.59. The minimum absolute atomic E-state index is 0. The van der Waals surface area contributed by atoms with Crippen molar-refractivity contribution in [3.8, 4) is 0 Å². The first kappa shape index (κ1) is 14.5. The average molecular weight is 276 g/mol. The fourth-order valence-corrected chi connectivity index (χ4v) is 3.24. The third-order valence-corrected chi connectivity index (χ3v) is 3.98. The number of halogens is 1. The van der Waals surface area contributed by atoms with E-state index in [1.807, 2.05) is 19.9 Å². The molecule has 0 aliphatic carbocycles. The van der Waals surface area contributed by atoms with Crippen molar-refractivity contribution in [1.29, 1.82) is 0 Å². The molecule has 0 spiro atoms. The Morgan fingerprint density at radius 1 is 1.41 bits per heavy atom. The van der Waals surface area contributed by atoms with Crippen LogP contribution >= 0.6 is 12.4 Å². The summed E-state index contributed by atoms with van der Waals surface area (Å²) in [7, 11) is -1.08. The second-order valence-electron chi connectivity index (χ2n) is 4.24. The van der Waals surface area contributed by atoms with Crippen LogP contribution in [0.5, 0.6) is 0 Å². The first-order valence-corrected chi connectivity index (χ1v) is 6.91. The van der Waals surface area contributed by atoms with Gasteiger partial charge in [0, 0.05) is 23.2 Å². The Hall–Kier alpha value is -0.520. The van der Waals surface area contributed by atoms with E-state index in [1.165, 1.54) is 6.42 Å². The monoisotopic (exact) mass is 275 g/mol. The summed E-state index contributed by atoms with van der Waals surface area (Å²) < 4.78 is 12.1. The molecule has 1 aromatic heterocycles. The minimum atomic E-state index is -1.08. The van der Waals surface area contributed by atoms with Crippen molar-refractivity contribution in [2.75, 3.05) is 12.3 Å². The zero-order valence-corrected chi connectivity index (χ0v) is 11.7. The van der Waals surface area contributed by atoms with Gasteiger partial charge in [-0.3, -0.25) is 4.21 Å². The maximum atomic E-state index is 12.1. The molecule has 1 aliphatic heterocycles. The van der Waals surface area contributed by atoms with E-state index in [1.54, 1.807) is 0 Å². The van der Waals surface area contributed by atoms with Crippen molar-refractivity contribution in [2.45, 2.75) is 37.9 Å². The predicted molar refractivity (Wildman–Crippen MR) is 71.1 cm³/mol. The molecule has 2 atom stereocenters. The van der Waals surface area contributed by atoms with Gasteiger partial charge in [0.2, 0.25) is 5.16 Å². The van der Waals surface area contributed by atoms with Crippen molar-refractivity contribution in [1.82, 2.24) is 15.3 Å². The molecule has 2 unspecified atom stereocenters. The highest BCUT2D eigenvalue weighted by molar-refractivity contribution is 7.84. The molecule has 0 saturated carbocycles. The summed E-state index contributed by atoms with van der Waals surface area (Å²) in [5.74, 6) is 0.628. The molecule has 96 valence electrons. The SMILES string of the molecule is Cc1cc(C)nc(S(=O)CC2CCCN2)n1.Cl. The van der Waals surface area contributed by atoms with Gasteiger partial charge in [0.15, 0.2) is 0 Å². The molecular weight excluding hydrogens is 258 g/mol. The van der Waals surface area contributed by atoms with Crippen LogP contribution in [0, 0.1) is 13.8 Å². The van der Waals surface area contributed by atoms with Crippen LogP contribution in [0.4, 0.5) is 0 Å². The van der Waals surface area contributed by atoms with E-state index in [0.717, 1.165) is 24.4 Å². The number of rotatable bonds is 3. The summed E-state index contributed by atoms with van der Waals surface area (Å²) in [4.78, 5) is 8.47. The molecule has 1 saturated heterocycles. The van der Waals surface area contributed by atoms with Crippen LogP contribution in [0.3, 0.4) is 0 Å². The third-order valence-electron chi connectivity index (χ3n) is 2.68. The minimum Gasteiger partial charge on any atom is -0.313 e. The van der Waals surface area contributed by atoms with Gasteiger partial charge in [-0.2, -0.15) is 0 Å². The molecule has 2 heterocycles. The second kappa shape index (κ2) is 6.42. The maximum Gasteiger partial charge on any atom is 0.218 e. The van der Waals surface area contributed by atoms with E-state index >= 15 is 0 Å². The van der Waals surface area contributed by atoms with Crippen molar-refractivity contribution < 1.29 is 4.21 Å². The van der Waals surface area contributed by atoms with Gasteiger partial charge in [-0.25, -0.2) is 9.97 Å². The van der Waals surface area contributed by atoms with Crippen LogP contribution in [0.1, 0.15) is 24.2 Å². The van der Waals surface area contributed by atoms with Crippen molar-refractivity contribution in [3.05, 3.63) is 17.5 Å². The van der Waals surface area contributed by atoms with Gasteiger partial charge in [-0.05, 0) is 39.3 Å². The van der Waals surface area contributed by atoms with Crippen LogP contribution in [-0.4, -0.2) is 32.5 Å². The van der Waals surface area contributed by atoms with Gasteiger partial charge in [0.25, 0.3) is 0 Å². The zero-order chi connectivity index (χ0) is 11.5. The number of hydrogen-bond donors (Lipinski definition) is 1. The van der Waals surface area contributed by atoms with E-state index < -0.39 is 10.8 Å². The number of aryl methyl sites for hydroxylation is 2. The summed E-state index contributed by atoms with van der Waals surface area (Å²) in [6.45, 7) is 4.85. The van der Waals surface area contributed by atoms with Gasteiger partial charge in [-0.1, -0.05) is 0 Å². The molecule has 0 aromatic carbocycles. The molecule has 0 radical (unpaired) electrons. The van der Waals surface area contributed by atoms with Crippen LogP contribution in [0.2, 0.25) is 0 Å². The van der Waals surface area contributed by atoms with Gasteiger partial charge in [0.05, 0.1) is 10.8 Å². The summed E-state index contributed by atoms with van der Waals surface area (Å²) in [6.07, 6.45) is 2.28.